The number of hydrogen-bond donors (Lipinski definition) is 0. The van der Waals surface area contributed by atoms with Gasteiger partial charge in [-0.1, -0.05) is 0 Å². The molecule has 0 spiro atoms. The van der Waals surface area contributed by atoms with Crippen molar-refractivity contribution in [1.29, 1.82) is 0 Å². The van der Waals surface area contributed by atoms with Gasteiger partial charge in [0.1, 0.15) is 5.69 Å². The smallest absolute Gasteiger partial charge is 0.417 e. The lowest BCUT2D eigenvalue weighted by atomic mass is 10.1. The van der Waals surface area contributed by atoms with E-state index in [2.05, 4.69) is 4.98 Å². The number of benzene rings is 1. The van der Waals surface area contributed by atoms with Crippen LogP contribution >= 0.6 is 0 Å². The summed E-state index contributed by atoms with van der Waals surface area (Å²) in [6.07, 6.45) is -3.87. The predicted molar refractivity (Wildman–Crippen MR) is 96.2 cm³/mol. The molecule has 2 heterocycles. The van der Waals surface area contributed by atoms with E-state index >= 15 is 0 Å². The number of rotatable bonds is 5. The Morgan fingerprint density at radius 2 is 1.86 bits per heavy atom. The van der Waals surface area contributed by atoms with Crippen LogP contribution < -0.4 is 0 Å². The molecule has 0 N–H and O–H groups in total. The molecule has 3 rings (SSSR count). The maximum Gasteiger partial charge on any atom is 0.417 e. The van der Waals surface area contributed by atoms with Gasteiger partial charge >= 0.3 is 12.1 Å². The van der Waals surface area contributed by atoms with E-state index in [0.29, 0.717) is 23.7 Å². The molecule has 0 unspecified atom stereocenters. The molecule has 0 amide bonds. The largest absolute Gasteiger partial charge is 0.462 e. The molecule has 3 aromatic rings. The number of pyridine rings is 1. The van der Waals surface area contributed by atoms with Crippen LogP contribution in [0.2, 0.25) is 0 Å². The highest BCUT2D eigenvalue weighted by Gasteiger charge is 2.31. The molecule has 1 aromatic carbocycles. The first-order valence-corrected chi connectivity index (χ1v) is 8.64. The van der Waals surface area contributed by atoms with E-state index in [4.69, 9.17) is 4.74 Å². The monoisotopic (exact) mass is 390 g/mol. The molecule has 0 radical (unpaired) electrons. The van der Waals surface area contributed by atoms with Crippen LogP contribution in [0.4, 0.5) is 13.2 Å². The van der Waals surface area contributed by atoms with Crippen molar-refractivity contribution in [2.45, 2.75) is 26.6 Å². The Bertz CT molecular complexity index is 1040. The molecule has 28 heavy (non-hydrogen) atoms. The van der Waals surface area contributed by atoms with E-state index in [0.717, 1.165) is 17.6 Å². The Morgan fingerprint density at radius 1 is 1.11 bits per heavy atom. The lowest BCUT2D eigenvalue weighted by molar-refractivity contribution is -0.137. The highest BCUT2D eigenvalue weighted by molar-refractivity contribution is 6.09. The third-order valence-electron chi connectivity index (χ3n) is 4.28. The highest BCUT2D eigenvalue weighted by atomic mass is 19.4. The average molecular weight is 390 g/mol. The van der Waals surface area contributed by atoms with Crippen LogP contribution in [0.1, 0.15) is 46.0 Å². The van der Waals surface area contributed by atoms with Gasteiger partial charge in [0, 0.05) is 23.6 Å². The summed E-state index contributed by atoms with van der Waals surface area (Å²) in [6, 6.07) is 8.43. The summed E-state index contributed by atoms with van der Waals surface area (Å²) in [4.78, 5) is 28.4. The van der Waals surface area contributed by atoms with E-state index in [-0.39, 0.29) is 18.0 Å². The maximum atomic E-state index is 12.8. The molecule has 0 saturated heterocycles. The molecule has 146 valence electrons. The summed E-state index contributed by atoms with van der Waals surface area (Å²) in [5.74, 6) is -0.963. The van der Waals surface area contributed by atoms with Crippen LogP contribution in [0.3, 0.4) is 0 Å². The van der Waals surface area contributed by atoms with Gasteiger partial charge in [-0.05, 0) is 50.2 Å². The van der Waals surface area contributed by atoms with Gasteiger partial charge in [-0.15, -0.1) is 0 Å². The van der Waals surface area contributed by atoms with Gasteiger partial charge in [-0.2, -0.15) is 13.2 Å². The Labute approximate surface area is 158 Å². The molecule has 8 heteroatoms. The fourth-order valence-corrected chi connectivity index (χ4v) is 2.97. The number of aryl methyl sites for hydroxylation is 1. The molecular formula is C20H17F3N2O3. The second kappa shape index (κ2) is 7.46. The van der Waals surface area contributed by atoms with Gasteiger partial charge < -0.3 is 9.30 Å². The summed E-state index contributed by atoms with van der Waals surface area (Å²) >= 11 is 0. The van der Waals surface area contributed by atoms with Crippen molar-refractivity contribution in [3.8, 4) is 0 Å². The first-order chi connectivity index (χ1) is 13.3. The second-order valence-electron chi connectivity index (χ2n) is 6.03. The fourth-order valence-electron chi connectivity index (χ4n) is 2.97. The van der Waals surface area contributed by atoms with Gasteiger partial charge in [0.05, 0.1) is 23.4 Å². The third kappa shape index (κ3) is 3.62. The lowest BCUT2D eigenvalue weighted by Crippen LogP contribution is -2.12. The number of carbonyl (C=O) groups excluding carboxylic acids is 2. The van der Waals surface area contributed by atoms with Gasteiger partial charge in [-0.3, -0.25) is 9.78 Å². The fraction of sp³-hybridized carbons (Fsp3) is 0.250. The molecule has 0 atom stereocenters. The summed E-state index contributed by atoms with van der Waals surface area (Å²) < 4.78 is 44.8. The van der Waals surface area contributed by atoms with Crippen LogP contribution in [0, 0.1) is 0 Å². The standard InChI is InChI=1S/C20H17F3N2O3/c1-3-25-16-8-5-12(19(27)28-4-2)9-13(16)10-17(25)18(26)15-7-6-14(11-24-15)20(21,22)23/h5-11H,3-4H2,1-2H3. The van der Waals surface area contributed by atoms with Crippen LogP contribution in [-0.2, 0) is 17.5 Å². The number of esters is 1. The number of aromatic nitrogens is 2. The molecule has 0 aliphatic carbocycles. The van der Waals surface area contributed by atoms with Crippen LogP contribution in [0.5, 0.6) is 0 Å². The predicted octanol–water partition coefficient (Wildman–Crippen LogP) is 4.48. The SMILES string of the molecule is CCOC(=O)c1ccc2c(c1)cc(C(=O)c1ccc(C(F)(F)F)cn1)n2CC. The summed E-state index contributed by atoms with van der Waals surface area (Å²) in [6.45, 7) is 4.26. The van der Waals surface area contributed by atoms with E-state index in [1.165, 1.54) is 0 Å². The van der Waals surface area contributed by atoms with Crippen LogP contribution in [-0.4, -0.2) is 27.9 Å². The second-order valence-corrected chi connectivity index (χ2v) is 6.03. The number of ether oxygens (including phenoxy) is 1. The quantitative estimate of drug-likeness (QED) is 0.476. The number of halogens is 3. The third-order valence-corrected chi connectivity index (χ3v) is 4.28. The minimum Gasteiger partial charge on any atom is -0.462 e. The Morgan fingerprint density at radius 3 is 2.43 bits per heavy atom. The van der Waals surface area contributed by atoms with Crippen molar-refractivity contribution in [3.63, 3.8) is 0 Å². The number of carbonyl (C=O) groups is 2. The van der Waals surface area contributed by atoms with Crippen molar-refractivity contribution in [1.82, 2.24) is 9.55 Å². The van der Waals surface area contributed by atoms with Crippen molar-refractivity contribution >= 4 is 22.7 Å². The minimum absolute atomic E-state index is 0.0869. The maximum absolute atomic E-state index is 12.8. The van der Waals surface area contributed by atoms with Gasteiger partial charge in [0.15, 0.2) is 0 Å². The zero-order chi connectivity index (χ0) is 20.5. The average Bonchev–Trinajstić information content (AvgIpc) is 3.04. The molecular weight excluding hydrogens is 373 g/mol. The number of nitrogens with zero attached hydrogens (tertiary/aromatic N) is 2. The van der Waals surface area contributed by atoms with E-state index in [1.807, 2.05) is 6.92 Å². The molecule has 2 aromatic heterocycles. The van der Waals surface area contributed by atoms with E-state index < -0.39 is 23.5 Å². The van der Waals surface area contributed by atoms with Crippen LogP contribution in [0.25, 0.3) is 10.9 Å². The normalized spacial score (nSPS) is 11.6. The summed E-state index contributed by atoms with van der Waals surface area (Å²) in [7, 11) is 0. The lowest BCUT2D eigenvalue weighted by Gasteiger charge is -2.09. The van der Waals surface area contributed by atoms with E-state index in [9.17, 15) is 22.8 Å². The topological polar surface area (TPSA) is 61.2 Å². The van der Waals surface area contributed by atoms with Crippen LogP contribution in [0.15, 0.2) is 42.6 Å². The zero-order valence-corrected chi connectivity index (χ0v) is 15.2. The molecule has 5 nitrogen and oxygen atoms in total. The number of alkyl halides is 3. The van der Waals surface area contributed by atoms with Crippen molar-refractivity contribution in [2.75, 3.05) is 6.61 Å². The van der Waals surface area contributed by atoms with Gasteiger partial charge in [0.25, 0.3) is 0 Å². The van der Waals surface area contributed by atoms with Crippen molar-refractivity contribution < 1.29 is 27.5 Å². The van der Waals surface area contributed by atoms with E-state index in [1.54, 1.807) is 35.8 Å². The summed E-state index contributed by atoms with van der Waals surface area (Å²) in [5, 5.41) is 0.655. The van der Waals surface area contributed by atoms with Crippen molar-refractivity contribution in [2.24, 2.45) is 0 Å². The molecule has 0 aliphatic heterocycles. The molecule has 0 aliphatic rings. The number of hydrogen-bond acceptors (Lipinski definition) is 4. The summed E-state index contributed by atoms with van der Waals surface area (Å²) in [5.41, 5.74) is 0.362. The zero-order valence-electron chi connectivity index (χ0n) is 15.2. The molecule has 0 fully saturated rings. The Balaban J connectivity index is 2.01. The number of fused-ring (bicyclic) bond motifs is 1. The first kappa shape index (κ1) is 19.6. The minimum atomic E-state index is -4.52. The number of ketones is 1. The molecule has 0 bridgehead atoms. The highest BCUT2D eigenvalue weighted by Crippen LogP contribution is 2.29. The Kier molecular flexibility index (Phi) is 5.22. The Hall–Kier alpha value is -3.16. The van der Waals surface area contributed by atoms with Crippen molar-refractivity contribution in [3.05, 3.63) is 65.1 Å². The first-order valence-electron chi connectivity index (χ1n) is 8.64. The molecule has 0 saturated carbocycles. The van der Waals surface area contributed by atoms with Gasteiger partial charge in [0.2, 0.25) is 5.78 Å². The van der Waals surface area contributed by atoms with Gasteiger partial charge in [-0.25, -0.2) is 4.79 Å².